The second-order valence-electron chi connectivity index (χ2n) is 7.68. The fraction of sp³-hybridized carbons (Fsp3) is 0.667. The molecule has 4 aliphatic carbocycles. The van der Waals surface area contributed by atoms with Crippen LogP contribution in [0.25, 0.3) is 0 Å². The first-order chi connectivity index (χ1) is 10.5. The molecule has 5 rings (SSSR count). The van der Waals surface area contributed by atoms with Crippen LogP contribution in [0.1, 0.15) is 37.7 Å². The van der Waals surface area contributed by atoms with E-state index in [0.717, 1.165) is 17.4 Å². The van der Waals surface area contributed by atoms with Crippen LogP contribution in [0.3, 0.4) is 0 Å². The van der Waals surface area contributed by atoms with Crippen molar-refractivity contribution in [1.82, 2.24) is 4.31 Å². The van der Waals surface area contributed by atoms with Crippen molar-refractivity contribution in [3.05, 3.63) is 35.9 Å². The van der Waals surface area contributed by atoms with Crippen molar-refractivity contribution in [3.63, 3.8) is 0 Å². The van der Waals surface area contributed by atoms with Crippen molar-refractivity contribution in [2.75, 3.05) is 7.05 Å². The molecule has 0 atom stereocenters. The fourth-order valence-corrected chi connectivity index (χ4v) is 7.09. The highest BCUT2D eigenvalue weighted by atomic mass is 32.2. The van der Waals surface area contributed by atoms with Crippen LogP contribution in [0.5, 0.6) is 0 Å². The zero-order valence-corrected chi connectivity index (χ0v) is 14.0. The third kappa shape index (κ3) is 2.50. The van der Waals surface area contributed by atoms with Gasteiger partial charge in [0.05, 0.1) is 5.75 Å². The molecule has 22 heavy (non-hydrogen) atoms. The molecule has 120 valence electrons. The Labute approximate surface area is 133 Å². The highest BCUT2D eigenvalue weighted by Crippen LogP contribution is 2.55. The Kier molecular flexibility index (Phi) is 3.57. The van der Waals surface area contributed by atoms with E-state index in [1.165, 1.54) is 32.1 Å². The van der Waals surface area contributed by atoms with E-state index < -0.39 is 10.0 Å². The molecular weight excluding hydrogens is 294 g/mol. The van der Waals surface area contributed by atoms with Gasteiger partial charge in [0, 0.05) is 13.1 Å². The van der Waals surface area contributed by atoms with Gasteiger partial charge < -0.3 is 0 Å². The second kappa shape index (κ2) is 5.34. The van der Waals surface area contributed by atoms with E-state index in [9.17, 15) is 8.42 Å². The zero-order valence-electron chi connectivity index (χ0n) is 13.2. The summed E-state index contributed by atoms with van der Waals surface area (Å²) in [4.78, 5) is 0. The van der Waals surface area contributed by atoms with Gasteiger partial charge in [-0.3, -0.25) is 0 Å². The van der Waals surface area contributed by atoms with Gasteiger partial charge in [-0.05, 0) is 61.3 Å². The first-order valence-electron chi connectivity index (χ1n) is 8.52. The molecule has 0 saturated heterocycles. The molecule has 3 nitrogen and oxygen atoms in total. The quantitative estimate of drug-likeness (QED) is 0.854. The minimum atomic E-state index is -3.22. The van der Waals surface area contributed by atoms with E-state index in [4.69, 9.17) is 0 Å². The largest absolute Gasteiger partial charge is 0.218 e. The summed E-state index contributed by atoms with van der Waals surface area (Å²) in [6.07, 6.45) is 6.41. The Hall–Kier alpha value is -0.870. The Morgan fingerprint density at radius 1 is 0.955 bits per heavy atom. The summed E-state index contributed by atoms with van der Waals surface area (Å²) in [5.74, 6) is 3.10. The number of hydrogen-bond donors (Lipinski definition) is 0. The lowest BCUT2D eigenvalue weighted by Gasteiger charge is -2.56. The average Bonchev–Trinajstić information content (AvgIpc) is 2.46. The smallest absolute Gasteiger partial charge is 0.212 e. The summed E-state index contributed by atoms with van der Waals surface area (Å²) in [7, 11) is -1.40. The van der Waals surface area contributed by atoms with Crippen LogP contribution in [-0.4, -0.2) is 25.8 Å². The standard InChI is InChI=1S/C18H25NO2S/c1-19(22(20,21)12-13-5-3-2-4-6-13)18-16-8-14-7-15(10-16)11-17(18)9-14/h2-6,14-18H,7-12H2,1H3. The Morgan fingerprint density at radius 3 is 2.05 bits per heavy atom. The van der Waals surface area contributed by atoms with Crippen LogP contribution in [0.4, 0.5) is 0 Å². The normalized spacial score (nSPS) is 36.9. The predicted octanol–water partition coefficient (Wildman–Crippen LogP) is 3.27. The van der Waals surface area contributed by atoms with Crippen LogP contribution in [-0.2, 0) is 15.8 Å². The number of benzene rings is 1. The maximum atomic E-state index is 12.8. The first kappa shape index (κ1) is 14.7. The zero-order chi connectivity index (χ0) is 15.3. The number of rotatable bonds is 4. The molecule has 4 saturated carbocycles. The molecule has 4 aliphatic rings. The van der Waals surface area contributed by atoms with Crippen molar-refractivity contribution in [3.8, 4) is 0 Å². The average molecular weight is 319 g/mol. The first-order valence-corrected chi connectivity index (χ1v) is 10.1. The summed E-state index contributed by atoms with van der Waals surface area (Å²) < 4.78 is 27.4. The molecule has 1 aromatic carbocycles. The highest BCUT2D eigenvalue weighted by Gasteiger charge is 2.51. The van der Waals surface area contributed by atoms with Crippen molar-refractivity contribution in [2.24, 2.45) is 23.7 Å². The van der Waals surface area contributed by atoms with Crippen LogP contribution >= 0.6 is 0 Å². The molecule has 0 N–H and O–H groups in total. The molecule has 4 fully saturated rings. The van der Waals surface area contributed by atoms with Gasteiger partial charge in [-0.25, -0.2) is 12.7 Å². The minimum absolute atomic E-state index is 0.132. The lowest BCUT2D eigenvalue weighted by molar-refractivity contribution is -0.0351. The molecule has 0 aromatic heterocycles. The molecule has 0 amide bonds. The summed E-state index contributed by atoms with van der Waals surface area (Å²) in [5, 5.41) is 0. The molecule has 0 heterocycles. The molecular formula is C18H25NO2S. The monoisotopic (exact) mass is 319 g/mol. The van der Waals surface area contributed by atoms with Gasteiger partial charge in [0.15, 0.2) is 0 Å². The van der Waals surface area contributed by atoms with Crippen LogP contribution in [0.15, 0.2) is 30.3 Å². The van der Waals surface area contributed by atoms with Crippen molar-refractivity contribution < 1.29 is 8.42 Å². The van der Waals surface area contributed by atoms with Crippen LogP contribution in [0, 0.1) is 23.7 Å². The maximum absolute atomic E-state index is 12.8. The van der Waals surface area contributed by atoms with Gasteiger partial charge in [0.1, 0.15) is 0 Å². The second-order valence-corrected chi connectivity index (χ2v) is 9.71. The summed E-state index contributed by atoms with van der Waals surface area (Å²) in [6, 6.07) is 9.81. The molecule has 0 aliphatic heterocycles. The Morgan fingerprint density at radius 2 is 1.50 bits per heavy atom. The fourth-order valence-electron chi connectivity index (χ4n) is 5.56. The topological polar surface area (TPSA) is 37.4 Å². The Bertz CT molecular complexity index is 612. The van der Waals surface area contributed by atoms with Crippen LogP contribution in [0.2, 0.25) is 0 Å². The molecule has 4 heteroatoms. The summed E-state index contributed by atoms with van der Waals surface area (Å²) in [6.45, 7) is 0. The van der Waals surface area contributed by atoms with Gasteiger partial charge >= 0.3 is 0 Å². The maximum Gasteiger partial charge on any atom is 0.218 e. The molecule has 1 aromatic rings. The lowest BCUT2D eigenvalue weighted by Crippen LogP contribution is -2.56. The molecule has 0 unspecified atom stereocenters. The number of sulfonamides is 1. The predicted molar refractivity (Wildman–Crippen MR) is 87.7 cm³/mol. The van der Waals surface area contributed by atoms with Crippen molar-refractivity contribution in [2.45, 2.75) is 43.9 Å². The Balaban J connectivity index is 1.55. The molecule has 4 bridgehead atoms. The number of nitrogens with zero attached hydrogens (tertiary/aromatic N) is 1. The van der Waals surface area contributed by atoms with Gasteiger partial charge in [0.25, 0.3) is 0 Å². The van der Waals surface area contributed by atoms with Crippen molar-refractivity contribution in [1.29, 1.82) is 0 Å². The van der Waals surface area contributed by atoms with E-state index >= 15 is 0 Å². The van der Waals surface area contributed by atoms with Gasteiger partial charge in [0.2, 0.25) is 10.0 Å². The summed E-state index contributed by atoms with van der Waals surface area (Å²) in [5.41, 5.74) is 0.887. The highest BCUT2D eigenvalue weighted by molar-refractivity contribution is 7.88. The van der Waals surface area contributed by atoms with Gasteiger partial charge in [-0.2, -0.15) is 0 Å². The van der Waals surface area contributed by atoms with Crippen LogP contribution < -0.4 is 0 Å². The van der Waals surface area contributed by atoms with Crippen molar-refractivity contribution >= 4 is 10.0 Å². The van der Waals surface area contributed by atoms with E-state index in [2.05, 4.69) is 0 Å². The van der Waals surface area contributed by atoms with Gasteiger partial charge in [-0.15, -0.1) is 0 Å². The lowest BCUT2D eigenvalue weighted by atomic mass is 9.54. The van der Waals surface area contributed by atoms with E-state index in [-0.39, 0.29) is 11.8 Å². The third-order valence-corrected chi connectivity index (χ3v) is 8.05. The SMILES string of the molecule is CN(C1C2CC3CC(C2)CC1C3)S(=O)(=O)Cc1ccccc1. The van der Waals surface area contributed by atoms with E-state index in [1.54, 1.807) is 4.31 Å². The van der Waals surface area contributed by atoms with Gasteiger partial charge in [-0.1, -0.05) is 30.3 Å². The minimum Gasteiger partial charge on any atom is -0.212 e. The summed E-state index contributed by atoms with van der Waals surface area (Å²) >= 11 is 0. The number of hydrogen-bond acceptors (Lipinski definition) is 2. The molecule has 0 radical (unpaired) electrons. The molecule has 0 spiro atoms. The van der Waals surface area contributed by atoms with E-state index in [0.29, 0.717) is 11.8 Å². The third-order valence-electron chi connectivity index (χ3n) is 6.23. The van der Waals surface area contributed by atoms with E-state index in [1.807, 2.05) is 37.4 Å².